The Labute approximate surface area is 291 Å². The summed E-state index contributed by atoms with van der Waals surface area (Å²) in [6, 6.07) is 7.62. The first kappa shape index (κ1) is 34.4. The molecule has 258 valence electrons. The molecule has 0 saturated carbocycles. The van der Waals surface area contributed by atoms with Gasteiger partial charge in [-0.05, 0) is 72.4 Å². The van der Waals surface area contributed by atoms with Crippen molar-refractivity contribution >= 4 is 51.0 Å². The van der Waals surface area contributed by atoms with Crippen molar-refractivity contribution in [1.82, 2.24) is 0 Å². The van der Waals surface area contributed by atoms with Crippen LogP contribution in [0.1, 0.15) is 83.3 Å². The molecular formula is C39H35ClO10. The van der Waals surface area contributed by atoms with E-state index in [4.69, 9.17) is 16.0 Å². The summed E-state index contributed by atoms with van der Waals surface area (Å²) in [5.41, 5.74) is 0.530. The summed E-state index contributed by atoms with van der Waals surface area (Å²) in [5, 5.41) is 69.0. The lowest BCUT2D eigenvalue weighted by atomic mass is 9.73. The number of hydrogen-bond acceptors (Lipinski definition) is 10. The summed E-state index contributed by atoms with van der Waals surface area (Å²) in [6.07, 6.45) is -0.150. The zero-order chi connectivity index (χ0) is 36.7. The molecule has 1 aliphatic rings. The summed E-state index contributed by atoms with van der Waals surface area (Å²) in [6.45, 7) is 10.4. The second-order valence-corrected chi connectivity index (χ2v) is 13.8. The summed E-state index contributed by atoms with van der Waals surface area (Å²) < 4.78 is 5.44. The van der Waals surface area contributed by atoms with E-state index in [-0.39, 0.29) is 66.6 Å². The zero-order valence-electron chi connectivity index (χ0n) is 28.1. The van der Waals surface area contributed by atoms with Crippen LogP contribution >= 0.6 is 11.6 Å². The van der Waals surface area contributed by atoms with Gasteiger partial charge in [-0.2, -0.15) is 0 Å². The van der Waals surface area contributed by atoms with Crippen LogP contribution in [0.15, 0.2) is 45.3 Å². The van der Waals surface area contributed by atoms with Crippen LogP contribution in [0.25, 0.3) is 38.4 Å². The standard InChI is InChI=1S/C39H35ClO10/c1-14(2)26-20-9-16(5)28(29-17(6)10-21-27(15(3)4)38(48)34(44)24(13-41)31(21)36(29)46)35(45)30(20)22(33(43)37(26)47)12-23-32(42)19-11-18(40)7-8-25(19)50-39(23)49/h7-11,13-15,22,42,44-48H,12H2,1-6H3. The SMILES string of the molecule is Cc1cc2c(c(O)c1-c1c(C)cc3c(C(C)C)c(O)c(O)c(C=O)c3c1O)C(Cc1c(O)c3cc(Cl)ccc3oc1=O)C(=O)C(O)=C2C(C)C. The van der Waals surface area contributed by atoms with Gasteiger partial charge in [0.25, 0.3) is 0 Å². The van der Waals surface area contributed by atoms with Crippen LogP contribution in [0.4, 0.5) is 0 Å². The fraction of sp³-hybridized carbons (Fsp3) is 0.256. The van der Waals surface area contributed by atoms with Gasteiger partial charge in [-0.1, -0.05) is 51.4 Å². The van der Waals surface area contributed by atoms with E-state index in [9.17, 15) is 45.0 Å². The molecule has 6 rings (SSSR count). The Morgan fingerprint density at radius 2 is 1.44 bits per heavy atom. The largest absolute Gasteiger partial charge is 0.507 e. The Kier molecular flexibility index (Phi) is 8.35. The van der Waals surface area contributed by atoms with E-state index in [0.717, 1.165) is 0 Å². The van der Waals surface area contributed by atoms with E-state index in [1.54, 1.807) is 53.7 Å². The number of allylic oxidation sites excluding steroid dienone is 2. The van der Waals surface area contributed by atoms with E-state index >= 15 is 0 Å². The zero-order valence-corrected chi connectivity index (χ0v) is 28.9. The number of phenolic OH excluding ortho intramolecular Hbond substituents is 4. The lowest BCUT2D eigenvalue weighted by Gasteiger charge is -2.31. The molecule has 1 heterocycles. The van der Waals surface area contributed by atoms with Crippen molar-refractivity contribution < 1.29 is 44.6 Å². The predicted octanol–water partition coefficient (Wildman–Crippen LogP) is 8.18. The maximum absolute atomic E-state index is 14.0. The van der Waals surface area contributed by atoms with Gasteiger partial charge in [-0.15, -0.1) is 0 Å². The van der Waals surface area contributed by atoms with Crippen LogP contribution in [-0.4, -0.2) is 42.7 Å². The maximum atomic E-state index is 14.0. The molecule has 1 atom stereocenters. The molecule has 1 aromatic heterocycles. The smallest absolute Gasteiger partial charge is 0.343 e. The van der Waals surface area contributed by atoms with Gasteiger partial charge < -0.3 is 35.1 Å². The summed E-state index contributed by atoms with van der Waals surface area (Å²) in [7, 11) is 0. The van der Waals surface area contributed by atoms with Gasteiger partial charge in [-0.25, -0.2) is 4.79 Å². The molecule has 4 aromatic carbocycles. The first-order valence-corrected chi connectivity index (χ1v) is 16.4. The van der Waals surface area contributed by atoms with Crippen molar-refractivity contribution in [2.24, 2.45) is 5.92 Å². The van der Waals surface area contributed by atoms with E-state index in [2.05, 4.69) is 0 Å². The number of ketones is 1. The number of carbonyl (C=O) groups excluding carboxylic acids is 2. The highest BCUT2D eigenvalue weighted by Crippen LogP contribution is 2.54. The van der Waals surface area contributed by atoms with Gasteiger partial charge in [0, 0.05) is 38.2 Å². The Morgan fingerprint density at radius 3 is 2.06 bits per heavy atom. The Balaban J connectivity index is 1.68. The highest BCUT2D eigenvalue weighted by Gasteiger charge is 2.40. The van der Waals surface area contributed by atoms with Crippen LogP contribution in [0.3, 0.4) is 0 Å². The van der Waals surface area contributed by atoms with Crippen molar-refractivity contribution in [2.75, 3.05) is 0 Å². The molecule has 5 aromatic rings. The molecule has 1 unspecified atom stereocenters. The average Bonchev–Trinajstić information content (AvgIpc) is 3.03. The first-order valence-electron chi connectivity index (χ1n) is 16.0. The molecule has 0 bridgehead atoms. The number of aromatic hydroxyl groups is 5. The van der Waals surface area contributed by atoms with Crippen molar-refractivity contribution in [2.45, 2.75) is 59.8 Å². The number of aryl methyl sites for hydroxylation is 2. The summed E-state index contributed by atoms with van der Waals surface area (Å²) >= 11 is 6.14. The van der Waals surface area contributed by atoms with Gasteiger partial charge in [0.1, 0.15) is 22.8 Å². The number of halogens is 1. The lowest BCUT2D eigenvalue weighted by Crippen LogP contribution is -2.27. The molecule has 11 heteroatoms. The van der Waals surface area contributed by atoms with Crippen molar-refractivity contribution in [1.29, 1.82) is 0 Å². The summed E-state index contributed by atoms with van der Waals surface area (Å²) in [4.78, 5) is 39.5. The predicted molar refractivity (Wildman–Crippen MR) is 190 cm³/mol. The van der Waals surface area contributed by atoms with Crippen molar-refractivity contribution in [3.8, 4) is 39.9 Å². The molecule has 0 fully saturated rings. The van der Waals surface area contributed by atoms with Crippen molar-refractivity contribution in [3.05, 3.63) is 90.5 Å². The first-order chi connectivity index (χ1) is 23.5. The fourth-order valence-corrected chi connectivity index (χ4v) is 7.60. The van der Waals surface area contributed by atoms with Crippen molar-refractivity contribution in [3.63, 3.8) is 0 Å². The number of carbonyl (C=O) groups is 2. The number of Topliss-reactive ketones (excluding diaryl/α,β-unsaturated/α-hetero) is 1. The Morgan fingerprint density at radius 1 is 0.800 bits per heavy atom. The number of aliphatic hydroxyl groups is 1. The number of aldehydes is 1. The third-order valence-electron chi connectivity index (χ3n) is 9.64. The van der Waals surface area contributed by atoms with Crippen LogP contribution in [-0.2, 0) is 11.2 Å². The molecule has 6 N–H and O–H groups in total. The van der Waals surface area contributed by atoms with E-state index in [0.29, 0.717) is 33.9 Å². The number of rotatable bonds is 6. The van der Waals surface area contributed by atoms with E-state index in [1.807, 2.05) is 0 Å². The Bertz CT molecular complexity index is 2420. The van der Waals surface area contributed by atoms with Crippen LogP contribution < -0.4 is 5.63 Å². The van der Waals surface area contributed by atoms with Gasteiger partial charge in [0.15, 0.2) is 23.5 Å². The van der Waals surface area contributed by atoms with E-state index in [1.165, 1.54) is 18.2 Å². The number of benzene rings is 4. The summed E-state index contributed by atoms with van der Waals surface area (Å²) in [5.74, 6) is -5.99. The van der Waals surface area contributed by atoms with Gasteiger partial charge in [-0.3, -0.25) is 9.59 Å². The number of hydrogen-bond donors (Lipinski definition) is 6. The van der Waals surface area contributed by atoms with E-state index < -0.39 is 58.3 Å². The minimum absolute atomic E-state index is 0.0403. The normalized spacial score (nSPS) is 14.7. The quantitative estimate of drug-likeness (QED) is 0.0574. The molecule has 1 aliphatic carbocycles. The molecule has 0 saturated heterocycles. The molecule has 10 nitrogen and oxygen atoms in total. The topological polar surface area (TPSA) is 186 Å². The van der Waals surface area contributed by atoms with Crippen LogP contribution in [0, 0.1) is 19.8 Å². The minimum atomic E-state index is -1.39. The average molecular weight is 699 g/mol. The second-order valence-electron chi connectivity index (χ2n) is 13.4. The minimum Gasteiger partial charge on any atom is -0.507 e. The highest BCUT2D eigenvalue weighted by atomic mass is 35.5. The van der Waals surface area contributed by atoms with Gasteiger partial charge in [0.05, 0.1) is 22.4 Å². The third kappa shape index (κ3) is 4.96. The number of fused-ring (bicyclic) bond motifs is 3. The third-order valence-corrected chi connectivity index (χ3v) is 9.87. The Hall–Kier alpha value is -5.48. The molecule has 0 radical (unpaired) electrons. The maximum Gasteiger partial charge on any atom is 0.343 e. The van der Waals surface area contributed by atoms with Gasteiger partial charge in [0.2, 0.25) is 5.78 Å². The molecule has 50 heavy (non-hydrogen) atoms. The highest BCUT2D eigenvalue weighted by molar-refractivity contribution is 6.31. The van der Waals surface area contributed by atoms with Crippen LogP contribution in [0.5, 0.6) is 28.7 Å². The molecular weight excluding hydrogens is 664 g/mol. The van der Waals surface area contributed by atoms with Gasteiger partial charge >= 0.3 is 5.63 Å². The molecule has 0 spiro atoms. The number of aliphatic hydroxyl groups excluding tert-OH is 1. The molecule has 0 amide bonds. The lowest BCUT2D eigenvalue weighted by molar-refractivity contribution is -0.119. The van der Waals surface area contributed by atoms with Crippen LogP contribution in [0.2, 0.25) is 5.02 Å². The fourth-order valence-electron chi connectivity index (χ4n) is 7.42. The monoisotopic (exact) mass is 698 g/mol. The second kappa shape index (κ2) is 12.1. The molecule has 0 aliphatic heterocycles. The number of phenols is 4.